The predicted octanol–water partition coefficient (Wildman–Crippen LogP) is 5.47. The Balaban J connectivity index is 1.47. The Bertz CT molecular complexity index is 1080. The molecule has 0 radical (unpaired) electrons. The minimum Gasteiger partial charge on any atom is -0.365 e. The standard InChI is InChI=1S/C27H33ClN4O2/c1-4-19(5-2)27(34)29-20-10-11-25(22(28)16-20)32-15-14-31(17-18(32)3)24-12-13-26(33)30-23-9-7-6-8-21(23)24/h6-13,16,18-19,24H,4-5,14-15,17H2,1-3H3,(H,29,34)(H,30,33)/t18-,24?/m1/s1. The number of para-hydroxylation sites is 1. The molecule has 0 aromatic heterocycles. The average Bonchev–Trinajstić information content (AvgIpc) is 2.98. The summed E-state index contributed by atoms with van der Waals surface area (Å²) in [4.78, 5) is 29.3. The Morgan fingerprint density at radius 1 is 1.18 bits per heavy atom. The van der Waals surface area contributed by atoms with E-state index in [-0.39, 0.29) is 29.8 Å². The van der Waals surface area contributed by atoms with Crippen LogP contribution < -0.4 is 15.5 Å². The number of nitrogens with zero attached hydrogens (tertiary/aromatic N) is 2. The van der Waals surface area contributed by atoms with Crippen molar-refractivity contribution in [2.45, 2.75) is 45.7 Å². The van der Waals surface area contributed by atoms with Crippen molar-refractivity contribution < 1.29 is 9.59 Å². The number of amides is 2. The van der Waals surface area contributed by atoms with Gasteiger partial charge in [-0.1, -0.05) is 49.7 Å². The Morgan fingerprint density at radius 3 is 2.65 bits per heavy atom. The van der Waals surface area contributed by atoms with Gasteiger partial charge < -0.3 is 15.5 Å². The van der Waals surface area contributed by atoms with Gasteiger partial charge in [0.05, 0.1) is 16.8 Å². The topological polar surface area (TPSA) is 64.7 Å². The van der Waals surface area contributed by atoms with Gasteiger partial charge in [-0.2, -0.15) is 0 Å². The van der Waals surface area contributed by atoms with E-state index >= 15 is 0 Å². The van der Waals surface area contributed by atoms with Crippen LogP contribution in [0.15, 0.2) is 54.6 Å². The maximum absolute atomic E-state index is 12.4. The molecule has 2 amide bonds. The number of nitrogens with one attached hydrogen (secondary N) is 2. The number of rotatable bonds is 6. The van der Waals surface area contributed by atoms with E-state index < -0.39 is 0 Å². The van der Waals surface area contributed by atoms with Gasteiger partial charge in [0.1, 0.15) is 0 Å². The molecule has 4 rings (SSSR count). The van der Waals surface area contributed by atoms with Crippen LogP contribution in [-0.2, 0) is 9.59 Å². The first-order valence-corrected chi connectivity index (χ1v) is 12.5. The second-order valence-electron chi connectivity index (χ2n) is 9.09. The molecule has 1 unspecified atom stereocenters. The summed E-state index contributed by atoms with van der Waals surface area (Å²) in [6, 6.07) is 14.0. The molecule has 2 N–H and O–H groups in total. The predicted molar refractivity (Wildman–Crippen MR) is 139 cm³/mol. The Hall–Kier alpha value is -2.83. The van der Waals surface area contributed by atoms with E-state index in [4.69, 9.17) is 11.6 Å². The molecule has 2 heterocycles. The Kier molecular flexibility index (Phi) is 7.59. The molecule has 1 saturated heterocycles. The lowest BCUT2D eigenvalue weighted by Crippen LogP contribution is -2.52. The van der Waals surface area contributed by atoms with Gasteiger partial charge in [-0.05, 0) is 49.6 Å². The summed E-state index contributed by atoms with van der Waals surface area (Å²) in [6.07, 6.45) is 5.27. The summed E-state index contributed by atoms with van der Waals surface area (Å²) in [6.45, 7) is 8.74. The van der Waals surface area contributed by atoms with Crippen LogP contribution in [0.25, 0.3) is 0 Å². The lowest BCUT2D eigenvalue weighted by Gasteiger charge is -2.44. The molecular weight excluding hydrogens is 448 g/mol. The summed E-state index contributed by atoms with van der Waals surface area (Å²) in [5, 5.41) is 6.61. The van der Waals surface area contributed by atoms with Crippen molar-refractivity contribution in [3.8, 4) is 0 Å². The van der Waals surface area contributed by atoms with E-state index in [9.17, 15) is 9.59 Å². The second kappa shape index (κ2) is 10.6. The molecule has 180 valence electrons. The van der Waals surface area contributed by atoms with E-state index in [2.05, 4.69) is 33.4 Å². The van der Waals surface area contributed by atoms with Gasteiger partial charge in [0.25, 0.3) is 0 Å². The lowest BCUT2D eigenvalue weighted by atomic mass is 10.0. The first-order valence-electron chi connectivity index (χ1n) is 12.1. The van der Waals surface area contributed by atoms with Gasteiger partial charge in [0.2, 0.25) is 11.8 Å². The van der Waals surface area contributed by atoms with Crippen LogP contribution in [0.5, 0.6) is 0 Å². The third kappa shape index (κ3) is 5.13. The van der Waals surface area contributed by atoms with Crippen LogP contribution in [0, 0.1) is 5.92 Å². The zero-order valence-electron chi connectivity index (χ0n) is 20.1. The molecule has 6 nitrogen and oxygen atoms in total. The number of carbonyl (C=O) groups is 2. The fourth-order valence-corrected chi connectivity index (χ4v) is 5.25. The molecule has 7 heteroatoms. The number of hydrogen-bond donors (Lipinski definition) is 2. The second-order valence-corrected chi connectivity index (χ2v) is 9.49. The molecule has 0 aliphatic carbocycles. The van der Waals surface area contributed by atoms with Crippen LogP contribution in [0.1, 0.15) is 45.2 Å². The van der Waals surface area contributed by atoms with Crippen LogP contribution in [0.2, 0.25) is 5.02 Å². The van der Waals surface area contributed by atoms with Crippen molar-refractivity contribution >= 4 is 40.5 Å². The minimum absolute atomic E-state index is 0.0141. The van der Waals surface area contributed by atoms with Crippen molar-refractivity contribution in [2.24, 2.45) is 5.92 Å². The summed E-state index contributed by atoms with van der Waals surface area (Å²) < 4.78 is 0. The van der Waals surface area contributed by atoms with Gasteiger partial charge in [0.15, 0.2) is 0 Å². The van der Waals surface area contributed by atoms with Gasteiger partial charge in [-0.25, -0.2) is 0 Å². The van der Waals surface area contributed by atoms with Crippen molar-refractivity contribution in [3.05, 3.63) is 65.2 Å². The highest BCUT2D eigenvalue weighted by Gasteiger charge is 2.31. The molecule has 0 saturated carbocycles. The van der Waals surface area contributed by atoms with Crippen LogP contribution in [0.3, 0.4) is 0 Å². The number of fused-ring (bicyclic) bond motifs is 1. The Labute approximate surface area is 207 Å². The molecule has 1 fully saturated rings. The van der Waals surface area contributed by atoms with E-state index in [1.807, 2.05) is 56.3 Å². The zero-order valence-corrected chi connectivity index (χ0v) is 20.8. The smallest absolute Gasteiger partial charge is 0.248 e. The summed E-state index contributed by atoms with van der Waals surface area (Å²) in [7, 11) is 0. The van der Waals surface area contributed by atoms with Crippen molar-refractivity contribution in [1.29, 1.82) is 0 Å². The SMILES string of the molecule is CCC(CC)C(=O)Nc1ccc(N2CCN(C3C=CC(=O)Nc4ccccc43)C[C@H]2C)c(Cl)c1. The van der Waals surface area contributed by atoms with Gasteiger partial charge >= 0.3 is 0 Å². The monoisotopic (exact) mass is 480 g/mol. The normalized spacial score (nSPS) is 20.6. The lowest BCUT2D eigenvalue weighted by molar-refractivity contribution is -0.120. The fraction of sp³-hybridized carbons (Fsp3) is 0.407. The number of halogens is 1. The summed E-state index contributed by atoms with van der Waals surface area (Å²) >= 11 is 6.68. The summed E-state index contributed by atoms with van der Waals surface area (Å²) in [5.41, 5.74) is 3.68. The van der Waals surface area contributed by atoms with Crippen molar-refractivity contribution in [1.82, 2.24) is 4.90 Å². The minimum atomic E-state index is -0.0928. The molecule has 0 bridgehead atoms. The molecule has 2 aliphatic heterocycles. The number of hydrogen-bond acceptors (Lipinski definition) is 4. The maximum atomic E-state index is 12.4. The average molecular weight is 481 g/mol. The molecular formula is C27H33ClN4O2. The molecule has 2 aromatic rings. The van der Waals surface area contributed by atoms with E-state index in [0.29, 0.717) is 5.02 Å². The fourth-order valence-electron chi connectivity index (χ4n) is 4.96. The van der Waals surface area contributed by atoms with E-state index in [0.717, 1.165) is 55.1 Å². The van der Waals surface area contributed by atoms with Crippen LogP contribution in [-0.4, -0.2) is 42.4 Å². The Morgan fingerprint density at radius 2 is 1.94 bits per heavy atom. The van der Waals surface area contributed by atoms with Crippen molar-refractivity contribution in [2.75, 3.05) is 35.2 Å². The third-order valence-corrected chi connectivity index (χ3v) is 7.20. The molecule has 2 atom stereocenters. The van der Waals surface area contributed by atoms with Gasteiger partial charge in [-0.3, -0.25) is 14.5 Å². The highest BCUT2D eigenvalue weighted by Crippen LogP contribution is 2.36. The third-order valence-electron chi connectivity index (χ3n) is 6.90. The highest BCUT2D eigenvalue weighted by atomic mass is 35.5. The van der Waals surface area contributed by atoms with Crippen molar-refractivity contribution in [3.63, 3.8) is 0 Å². The van der Waals surface area contributed by atoms with Gasteiger partial charge in [-0.15, -0.1) is 0 Å². The number of benzene rings is 2. The quantitative estimate of drug-likeness (QED) is 0.575. The van der Waals surface area contributed by atoms with Crippen LogP contribution >= 0.6 is 11.6 Å². The molecule has 2 aromatic carbocycles. The van der Waals surface area contributed by atoms with Crippen LogP contribution in [0.4, 0.5) is 17.1 Å². The number of piperazine rings is 1. The largest absolute Gasteiger partial charge is 0.365 e. The molecule has 2 aliphatic rings. The first-order chi connectivity index (χ1) is 16.4. The maximum Gasteiger partial charge on any atom is 0.248 e. The number of carbonyl (C=O) groups excluding carboxylic acids is 2. The molecule has 34 heavy (non-hydrogen) atoms. The van der Waals surface area contributed by atoms with E-state index in [1.54, 1.807) is 6.08 Å². The summed E-state index contributed by atoms with van der Waals surface area (Å²) in [5.74, 6) is -0.0366. The first kappa shape index (κ1) is 24.3. The van der Waals surface area contributed by atoms with Gasteiger partial charge in [0, 0.05) is 49.0 Å². The number of anilines is 3. The molecule has 0 spiro atoms. The van der Waals surface area contributed by atoms with E-state index in [1.165, 1.54) is 0 Å². The highest BCUT2D eigenvalue weighted by molar-refractivity contribution is 6.33. The zero-order chi connectivity index (χ0) is 24.2.